The van der Waals surface area contributed by atoms with Crippen molar-refractivity contribution in [1.29, 1.82) is 0 Å². The van der Waals surface area contributed by atoms with E-state index in [1.807, 2.05) is 56.3 Å². The van der Waals surface area contributed by atoms with Gasteiger partial charge in [0.15, 0.2) is 11.5 Å². The Morgan fingerprint density at radius 3 is 2.33 bits per heavy atom. The smallest absolute Gasteiger partial charge is 0.323 e. The lowest BCUT2D eigenvalue weighted by atomic mass is 10.2. The molecule has 2 heterocycles. The second kappa shape index (κ2) is 8.16. The average Bonchev–Trinajstić information content (AvgIpc) is 3.17. The lowest BCUT2D eigenvalue weighted by molar-refractivity contribution is 0.174. The van der Waals surface area contributed by atoms with Crippen molar-refractivity contribution in [2.75, 3.05) is 41.7 Å². The van der Waals surface area contributed by atoms with Gasteiger partial charge in [-0.15, -0.1) is 0 Å². The first-order chi connectivity index (χ1) is 14.5. The summed E-state index contributed by atoms with van der Waals surface area (Å²) in [6.07, 6.45) is 0. The lowest BCUT2D eigenvalue weighted by Crippen LogP contribution is -2.19. The van der Waals surface area contributed by atoms with Crippen LogP contribution in [0.1, 0.15) is 5.82 Å². The minimum atomic E-state index is -0.350. The Morgan fingerprint density at radius 1 is 0.900 bits per heavy atom. The van der Waals surface area contributed by atoms with E-state index >= 15 is 0 Å². The van der Waals surface area contributed by atoms with Gasteiger partial charge in [-0.25, -0.2) is 14.8 Å². The van der Waals surface area contributed by atoms with E-state index in [0.29, 0.717) is 34.5 Å². The van der Waals surface area contributed by atoms with Crippen LogP contribution in [0.5, 0.6) is 11.5 Å². The van der Waals surface area contributed by atoms with E-state index < -0.39 is 0 Å². The molecule has 3 aromatic rings. The summed E-state index contributed by atoms with van der Waals surface area (Å²) in [6.45, 7) is 2.04. The Bertz CT molecular complexity index is 1070. The SMILES string of the molecule is Cc1nc(Nc2ccc(NC(=O)Nc3ccc4c(c3)OCO4)cc2)cc(N(C)C)n1. The van der Waals surface area contributed by atoms with Crippen molar-refractivity contribution in [2.45, 2.75) is 6.92 Å². The van der Waals surface area contributed by atoms with Crippen molar-refractivity contribution in [3.05, 3.63) is 54.4 Å². The first kappa shape index (κ1) is 19.3. The molecule has 3 N–H and O–H groups in total. The van der Waals surface area contributed by atoms with Crippen molar-refractivity contribution in [3.8, 4) is 11.5 Å². The van der Waals surface area contributed by atoms with Crippen LogP contribution in [-0.2, 0) is 0 Å². The number of ether oxygens (including phenoxy) is 2. The molecule has 4 rings (SSSR count). The number of benzene rings is 2. The summed E-state index contributed by atoms with van der Waals surface area (Å²) >= 11 is 0. The molecule has 154 valence electrons. The lowest BCUT2D eigenvalue weighted by Gasteiger charge is -2.14. The van der Waals surface area contributed by atoms with Gasteiger partial charge in [-0.3, -0.25) is 0 Å². The number of carbonyl (C=O) groups excluding carboxylic acids is 1. The van der Waals surface area contributed by atoms with Gasteiger partial charge in [-0.1, -0.05) is 0 Å². The number of nitrogens with one attached hydrogen (secondary N) is 3. The molecule has 0 bridgehead atoms. The van der Waals surface area contributed by atoms with Crippen LogP contribution in [0, 0.1) is 6.92 Å². The van der Waals surface area contributed by atoms with Gasteiger partial charge in [0.05, 0.1) is 0 Å². The molecule has 0 atom stereocenters. The molecule has 0 aliphatic carbocycles. The summed E-state index contributed by atoms with van der Waals surface area (Å²) in [4.78, 5) is 23.0. The van der Waals surface area contributed by atoms with Gasteiger partial charge in [0.25, 0.3) is 0 Å². The Morgan fingerprint density at radius 2 is 1.57 bits per heavy atom. The molecule has 0 unspecified atom stereocenters. The van der Waals surface area contributed by atoms with E-state index in [2.05, 4.69) is 25.9 Å². The van der Waals surface area contributed by atoms with Crippen molar-refractivity contribution in [3.63, 3.8) is 0 Å². The summed E-state index contributed by atoms with van der Waals surface area (Å²) in [5.41, 5.74) is 2.12. The van der Waals surface area contributed by atoms with Crippen LogP contribution >= 0.6 is 0 Å². The van der Waals surface area contributed by atoms with Crippen molar-refractivity contribution in [2.24, 2.45) is 0 Å². The van der Waals surface area contributed by atoms with E-state index in [4.69, 9.17) is 9.47 Å². The number of amides is 2. The van der Waals surface area contributed by atoms with Crippen LogP contribution in [0.3, 0.4) is 0 Å². The topological polar surface area (TPSA) is 101 Å². The highest BCUT2D eigenvalue weighted by molar-refractivity contribution is 6.00. The summed E-state index contributed by atoms with van der Waals surface area (Å²) < 4.78 is 10.6. The maximum Gasteiger partial charge on any atom is 0.323 e. The summed E-state index contributed by atoms with van der Waals surface area (Å²) in [5.74, 6) is 3.49. The molecular formula is C21H22N6O3. The van der Waals surface area contributed by atoms with Gasteiger partial charge in [-0.05, 0) is 43.3 Å². The Hall–Kier alpha value is -4.01. The molecule has 0 saturated carbocycles. The number of carbonyl (C=O) groups is 1. The summed E-state index contributed by atoms with van der Waals surface area (Å²) in [6, 6.07) is 14.1. The Balaban J connectivity index is 1.37. The van der Waals surface area contributed by atoms with Crippen molar-refractivity contribution < 1.29 is 14.3 Å². The van der Waals surface area contributed by atoms with E-state index in [0.717, 1.165) is 11.5 Å². The zero-order valence-corrected chi connectivity index (χ0v) is 16.9. The second-order valence-electron chi connectivity index (χ2n) is 6.90. The van der Waals surface area contributed by atoms with Crippen LogP contribution in [0.15, 0.2) is 48.5 Å². The third kappa shape index (κ3) is 4.52. The normalized spacial score (nSPS) is 11.7. The molecule has 0 saturated heterocycles. The highest BCUT2D eigenvalue weighted by atomic mass is 16.7. The highest BCUT2D eigenvalue weighted by Gasteiger charge is 2.14. The highest BCUT2D eigenvalue weighted by Crippen LogP contribution is 2.34. The number of hydrogen-bond acceptors (Lipinski definition) is 7. The van der Waals surface area contributed by atoms with Gasteiger partial charge in [0.2, 0.25) is 6.79 Å². The minimum Gasteiger partial charge on any atom is -0.454 e. The summed E-state index contributed by atoms with van der Waals surface area (Å²) in [5, 5.41) is 8.83. The van der Waals surface area contributed by atoms with Gasteiger partial charge in [0, 0.05) is 43.3 Å². The molecule has 9 heteroatoms. The predicted octanol–water partition coefficient (Wildman–Crippen LogP) is 3.97. The van der Waals surface area contributed by atoms with Gasteiger partial charge in [0.1, 0.15) is 17.5 Å². The standard InChI is InChI=1S/C21H22N6O3/c1-13-22-19(11-20(23-13)27(2)3)24-14-4-6-15(7-5-14)25-21(28)26-16-8-9-17-18(10-16)30-12-29-17/h4-11H,12H2,1-3H3,(H,22,23,24)(H2,25,26,28). The van der Waals surface area contributed by atoms with Crippen LogP contribution in [0.4, 0.5) is 33.5 Å². The summed E-state index contributed by atoms with van der Waals surface area (Å²) in [7, 11) is 3.86. The van der Waals surface area contributed by atoms with Crippen molar-refractivity contribution in [1.82, 2.24) is 9.97 Å². The average molecular weight is 406 g/mol. The molecule has 1 aliphatic heterocycles. The van der Waals surface area contributed by atoms with Crippen LogP contribution < -0.4 is 30.3 Å². The number of fused-ring (bicyclic) bond motifs is 1. The number of aryl methyl sites for hydroxylation is 1. The number of hydrogen-bond donors (Lipinski definition) is 3. The Kier molecular flexibility index (Phi) is 5.25. The second-order valence-corrected chi connectivity index (χ2v) is 6.90. The zero-order valence-electron chi connectivity index (χ0n) is 16.9. The maximum atomic E-state index is 12.3. The van der Waals surface area contributed by atoms with Gasteiger partial charge >= 0.3 is 6.03 Å². The van der Waals surface area contributed by atoms with Gasteiger partial charge < -0.3 is 30.3 Å². The van der Waals surface area contributed by atoms with E-state index in [9.17, 15) is 4.79 Å². The third-order valence-electron chi connectivity index (χ3n) is 4.33. The number of aromatic nitrogens is 2. The monoisotopic (exact) mass is 406 g/mol. The first-order valence-electron chi connectivity index (χ1n) is 9.34. The van der Waals surface area contributed by atoms with E-state index in [1.54, 1.807) is 18.2 Å². The quantitative estimate of drug-likeness (QED) is 0.589. The molecule has 0 fully saturated rings. The molecule has 0 spiro atoms. The van der Waals surface area contributed by atoms with Crippen LogP contribution in [-0.4, -0.2) is 36.9 Å². The fraction of sp³-hybridized carbons (Fsp3) is 0.190. The third-order valence-corrected chi connectivity index (χ3v) is 4.33. The van der Waals surface area contributed by atoms with E-state index in [1.165, 1.54) is 0 Å². The van der Waals surface area contributed by atoms with Crippen molar-refractivity contribution >= 4 is 34.7 Å². The number of rotatable bonds is 5. The number of nitrogens with zero attached hydrogens (tertiary/aromatic N) is 3. The Labute approximate surface area is 174 Å². The zero-order chi connectivity index (χ0) is 21.1. The predicted molar refractivity (Wildman–Crippen MR) is 116 cm³/mol. The number of anilines is 5. The van der Waals surface area contributed by atoms with E-state index in [-0.39, 0.29) is 12.8 Å². The fourth-order valence-electron chi connectivity index (χ4n) is 2.90. The molecule has 0 radical (unpaired) electrons. The minimum absolute atomic E-state index is 0.191. The first-order valence-corrected chi connectivity index (χ1v) is 9.34. The molecule has 1 aromatic heterocycles. The largest absolute Gasteiger partial charge is 0.454 e. The molecule has 30 heavy (non-hydrogen) atoms. The molecular weight excluding hydrogens is 384 g/mol. The molecule has 2 aromatic carbocycles. The van der Waals surface area contributed by atoms with Crippen LogP contribution in [0.2, 0.25) is 0 Å². The van der Waals surface area contributed by atoms with Gasteiger partial charge in [-0.2, -0.15) is 0 Å². The molecule has 1 aliphatic rings. The number of urea groups is 1. The molecule has 2 amide bonds. The fourth-order valence-corrected chi connectivity index (χ4v) is 2.90. The van der Waals surface area contributed by atoms with Crippen LogP contribution in [0.25, 0.3) is 0 Å². The maximum absolute atomic E-state index is 12.3. The molecule has 9 nitrogen and oxygen atoms in total.